The Hall–Kier alpha value is -2.04. The van der Waals surface area contributed by atoms with Crippen molar-refractivity contribution in [1.82, 2.24) is 0 Å². The second kappa shape index (κ2) is 9.06. The van der Waals surface area contributed by atoms with E-state index in [1.807, 2.05) is 49.4 Å². The summed E-state index contributed by atoms with van der Waals surface area (Å²) in [6, 6.07) is 13.4. The van der Waals surface area contributed by atoms with Crippen molar-refractivity contribution in [1.29, 1.82) is 0 Å². The van der Waals surface area contributed by atoms with Crippen LogP contribution in [-0.4, -0.2) is 25.2 Å². The van der Waals surface area contributed by atoms with E-state index in [1.165, 1.54) is 0 Å². The molecule has 1 amide bonds. The van der Waals surface area contributed by atoms with E-state index in [1.54, 1.807) is 0 Å². The number of halogens is 1. The SMILES string of the molecule is Cc1ccc(NC(=O)CCc2cccc(Cl)c2)c(OCC2CCCO2)c1. The van der Waals surface area contributed by atoms with Gasteiger partial charge in [-0.05, 0) is 61.6 Å². The van der Waals surface area contributed by atoms with Crippen molar-refractivity contribution in [3.8, 4) is 5.75 Å². The monoisotopic (exact) mass is 373 g/mol. The number of aryl methyl sites for hydroxylation is 2. The maximum Gasteiger partial charge on any atom is 0.224 e. The number of rotatable bonds is 7. The average Bonchev–Trinajstić information content (AvgIpc) is 3.14. The minimum absolute atomic E-state index is 0.0456. The molecule has 0 spiro atoms. The van der Waals surface area contributed by atoms with E-state index >= 15 is 0 Å². The van der Waals surface area contributed by atoms with E-state index in [-0.39, 0.29) is 12.0 Å². The summed E-state index contributed by atoms with van der Waals surface area (Å²) in [6.45, 7) is 3.31. The zero-order chi connectivity index (χ0) is 18.4. The van der Waals surface area contributed by atoms with Gasteiger partial charge in [-0.15, -0.1) is 0 Å². The molecule has 0 aliphatic carbocycles. The smallest absolute Gasteiger partial charge is 0.224 e. The lowest BCUT2D eigenvalue weighted by molar-refractivity contribution is -0.116. The molecule has 5 heteroatoms. The van der Waals surface area contributed by atoms with Gasteiger partial charge in [0.15, 0.2) is 0 Å². The maximum atomic E-state index is 12.3. The van der Waals surface area contributed by atoms with Crippen LogP contribution in [0.5, 0.6) is 5.75 Å². The Kier molecular flexibility index (Phi) is 6.53. The second-order valence-corrected chi connectivity index (χ2v) is 7.06. The highest BCUT2D eigenvalue weighted by atomic mass is 35.5. The minimum Gasteiger partial charge on any atom is -0.489 e. The standard InChI is InChI=1S/C21H24ClNO3/c1-15-7-9-19(20(12-15)26-14-18-6-3-11-25-18)23-21(24)10-8-16-4-2-5-17(22)13-16/h2,4-5,7,9,12-13,18H,3,6,8,10-11,14H2,1H3,(H,23,24). The number of carbonyl (C=O) groups excluding carboxylic acids is 1. The summed E-state index contributed by atoms with van der Waals surface area (Å²) in [5, 5.41) is 3.65. The minimum atomic E-state index is -0.0456. The third kappa shape index (κ3) is 5.48. The molecule has 1 unspecified atom stereocenters. The van der Waals surface area contributed by atoms with Crippen molar-refractivity contribution in [3.63, 3.8) is 0 Å². The van der Waals surface area contributed by atoms with Crippen molar-refractivity contribution in [2.75, 3.05) is 18.5 Å². The molecule has 1 aliphatic heterocycles. The van der Waals surface area contributed by atoms with Gasteiger partial charge in [0.05, 0.1) is 11.8 Å². The van der Waals surface area contributed by atoms with Crippen molar-refractivity contribution in [3.05, 3.63) is 58.6 Å². The molecule has 1 atom stereocenters. The Morgan fingerprint density at radius 1 is 1.31 bits per heavy atom. The summed E-state index contributed by atoms with van der Waals surface area (Å²) in [7, 11) is 0. The van der Waals surface area contributed by atoms with Crippen LogP contribution in [0.25, 0.3) is 0 Å². The number of ether oxygens (including phenoxy) is 2. The molecule has 3 rings (SSSR count). The summed E-state index contributed by atoms with van der Waals surface area (Å²) in [5.74, 6) is 0.646. The summed E-state index contributed by atoms with van der Waals surface area (Å²) in [5.41, 5.74) is 2.83. The van der Waals surface area contributed by atoms with E-state index in [2.05, 4.69) is 5.32 Å². The number of nitrogens with one attached hydrogen (secondary N) is 1. The number of hydrogen-bond acceptors (Lipinski definition) is 3. The van der Waals surface area contributed by atoms with Crippen molar-refractivity contribution in [2.45, 2.75) is 38.7 Å². The van der Waals surface area contributed by atoms with E-state index in [0.29, 0.717) is 35.9 Å². The fourth-order valence-corrected chi connectivity index (χ4v) is 3.19. The highest BCUT2D eigenvalue weighted by Gasteiger charge is 2.17. The second-order valence-electron chi connectivity index (χ2n) is 6.62. The van der Waals surface area contributed by atoms with Crippen LogP contribution < -0.4 is 10.1 Å². The van der Waals surface area contributed by atoms with Crippen LogP contribution in [0.3, 0.4) is 0 Å². The van der Waals surface area contributed by atoms with Gasteiger partial charge in [-0.1, -0.05) is 29.8 Å². The zero-order valence-corrected chi connectivity index (χ0v) is 15.7. The molecule has 2 aromatic rings. The largest absolute Gasteiger partial charge is 0.489 e. The third-order valence-corrected chi connectivity index (χ3v) is 4.62. The Morgan fingerprint density at radius 3 is 2.96 bits per heavy atom. The molecule has 1 saturated heterocycles. The molecule has 138 valence electrons. The summed E-state index contributed by atoms with van der Waals surface area (Å²) in [6.07, 6.45) is 3.27. The molecule has 1 heterocycles. The number of hydrogen-bond donors (Lipinski definition) is 1. The summed E-state index contributed by atoms with van der Waals surface area (Å²) >= 11 is 5.99. The first kappa shape index (κ1) is 18.7. The van der Waals surface area contributed by atoms with Gasteiger partial charge in [0.2, 0.25) is 5.91 Å². The van der Waals surface area contributed by atoms with Crippen molar-refractivity contribution in [2.24, 2.45) is 0 Å². The number of anilines is 1. The molecule has 0 aromatic heterocycles. The molecule has 1 N–H and O–H groups in total. The predicted octanol–water partition coefficient (Wildman–Crippen LogP) is 4.78. The summed E-state index contributed by atoms with van der Waals surface area (Å²) in [4.78, 5) is 12.3. The van der Waals surface area contributed by atoms with Gasteiger partial charge in [0, 0.05) is 18.1 Å². The van der Waals surface area contributed by atoms with Gasteiger partial charge < -0.3 is 14.8 Å². The third-order valence-electron chi connectivity index (χ3n) is 4.39. The van der Waals surface area contributed by atoms with Crippen molar-refractivity contribution < 1.29 is 14.3 Å². The van der Waals surface area contributed by atoms with E-state index < -0.39 is 0 Å². The van der Waals surface area contributed by atoms with Crippen LogP contribution in [0.15, 0.2) is 42.5 Å². The number of benzene rings is 2. The van der Waals surface area contributed by atoms with E-state index in [9.17, 15) is 4.79 Å². The molecular formula is C21H24ClNO3. The van der Waals surface area contributed by atoms with Crippen LogP contribution in [0, 0.1) is 6.92 Å². The van der Waals surface area contributed by atoms with Gasteiger partial charge in [-0.3, -0.25) is 4.79 Å². The summed E-state index contributed by atoms with van der Waals surface area (Å²) < 4.78 is 11.5. The number of carbonyl (C=O) groups is 1. The lowest BCUT2D eigenvalue weighted by Gasteiger charge is -2.16. The first-order valence-electron chi connectivity index (χ1n) is 8.99. The molecule has 0 saturated carbocycles. The van der Waals surface area contributed by atoms with Gasteiger partial charge in [-0.25, -0.2) is 0 Å². The first-order valence-corrected chi connectivity index (χ1v) is 9.37. The van der Waals surface area contributed by atoms with Crippen LogP contribution in [-0.2, 0) is 16.0 Å². The normalized spacial score (nSPS) is 16.5. The Labute approximate surface area is 159 Å². The quantitative estimate of drug-likeness (QED) is 0.759. The molecule has 0 bridgehead atoms. The molecule has 26 heavy (non-hydrogen) atoms. The van der Waals surface area contributed by atoms with Crippen LogP contribution in [0.2, 0.25) is 5.02 Å². The lowest BCUT2D eigenvalue weighted by atomic mass is 10.1. The van der Waals surface area contributed by atoms with Crippen LogP contribution in [0.1, 0.15) is 30.4 Å². The average molecular weight is 374 g/mol. The highest BCUT2D eigenvalue weighted by Crippen LogP contribution is 2.27. The zero-order valence-electron chi connectivity index (χ0n) is 15.0. The van der Waals surface area contributed by atoms with Gasteiger partial charge in [0.1, 0.15) is 12.4 Å². The molecular weight excluding hydrogens is 350 g/mol. The van der Waals surface area contributed by atoms with Crippen LogP contribution in [0.4, 0.5) is 5.69 Å². The fraction of sp³-hybridized carbons (Fsp3) is 0.381. The van der Waals surface area contributed by atoms with Gasteiger partial charge in [-0.2, -0.15) is 0 Å². The van der Waals surface area contributed by atoms with Crippen molar-refractivity contribution >= 4 is 23.2 Å². The molecule has 1 aliphatic rings. The van der Waals surface area contributed by atoms with Gasteiger partial charge >= 0.3 is 0 Å². The van der Waals surface area contributed by atoms with Gasteiger partial charge in [0.25, 0.3) is 0 Å². The highest BCUT2D eigenvalue weighted by molar-refractivity contribution is 6.30. The maximum absolute atomic E-state index is 12.3. The Morgan fingerprint density at radius 2 is 2.19 bits per heavy atom. The van der Waals surface area contributed by atoms with E-state index in [0.717, 1.165) is 30.6 Å². The van der Waals surface area contributed by atoms with E-state index in [4.69, 9.17) is 21.1 Å². The molecule has 1 fully saturated rings. The molecule has 4 nitrogen and oxygen atoms in total. The Balaban J connectivity index is 1.58. The number of amides is 1. The fourth-order valence-electron chi connectivity index (χ4n) is 2.97. The molecule has 0 radical (unpaired) electrons. The lowest BCUT2D eigenvalue weighted by Crippen LogP contribution is -2.18. The topological polar surface area (TPSA) is 47.6 Å². The van der Waals surface area contributed by atoms with Crippen LogP contribution >= 0.6 is 11.6 Å². The molecule has 2 aromatic carbocycles. The first-order chi connectivity index (χ1) is 12.6. The Bertz CT molecular complexity index is 757. The predicted molar refractivity (Wildman–Crippen MR) is 104 cm³/mol.